The second-order valence-corrected chi connectivity index (χ2v) is 7.65. The van der Waals surface area contributed by atoms with Gasteiger partial charge in [0.05, 0.1) is 5.56 Å². The fourth-order valence-corrected chi connectivity index (χ4v) is 3.90. The van der Waals surface area contributed by atoms with Crippen molar-refractivity contribution < 1.29 is 14.4 Å². The van der Waals surface area contributed by atoms with Gasteiger partial charge in [0.15, 0.2) is 0 Å². The molecule has 2 aromatic carbocycles. The topological polar surface area (TPSA) is 87.3 Å². The Morgan fingerprint density at radius 3 is 2.52 bits per heavy atom. The minimum Gasteiger partial charge on any atom is -0.348 e. The van der Waals surface area contributed by atoms with Gasteiger partial charge in [0.2, 0.25) is 0 Å². The lowest BCUT2D eigenvalue weighted by Gasteiger charge is -2.20. The molecule has 0 spiro atoms. The molecule has 1 fully saturated rings. The molecule has 0 unspecified atom stereocenters. The van der Waals surface area contributed by atoms with Crippen molar-refractivity contribution in [3.63, 3.8) is 0 Å². The van der Waals surface area contributed by atoms with Crippen LogP contribution in [0.5, 0.6) is 0 Å². The van der Waals surface area contributed by atoms with Crippen LogP contribution in [-0.4, -0.2) is 29.1 Å². The maximum absolute atomic E-state index is 12.7. The van der Waals surface area contributed by atoms with E-state index in [4.69, 9.17) is 0 Å². The molecule has 1 saturated heterocycles. The molecular formula is C20H21N3O3S. The molecule has 0 radical (unpaired) electrons. The highest BCUT2D eigenvalue weighted by Crippen LogP contribution is 2.27. The second kappa shape index (κ2) is 7.84. The quantitative estimate of drug-likeness (QED) is 0.529. The molecule has 0 aromatic heterocycles. The fraction of sp³-hybridized carbons (Fsp3) is 0.250. The number of carbonyl (C=O) groups is 3. The Balaban J connectivity index is 1.68. The Hall–Kier alpha value is -2.80. The van der Waals surface area contributed by atoms with Gasteiger partial charge >= 0.3 is 6.03 Å². The van der Waals surface area contributed by atoms with Gasteiger partial charge in [0, 0.05) is 17.2 Å². The molecule has 0 saturated carbocycles. The van der Waals surface area contributed by atoms with E-state index in [-0.39, 0.29) is 11.8 Å². The maximum atomic E-state index is 12.7. The number of urea groups is 1. The van der Waals surface area contributed by atoms with Gasteiger partial charge in [-0.15, -0.1) is 11.8 Å². The molecule has 0 aliphatic carbocycles. The maximum Gasteiger partial charge on any atom is 0.322 e. The van der Waals surface area contributed by atoms with Gasteiger partial charge in [-0.25, -0.2) is 4.79 Å². The van der Waals surface area contributed by atoms with E-state index in [9.17, 15) is 14.4 Å². The average Bonchev–Trinajstić information content (AvgIpc) is 2.91. The highest BCUT2D eigenvalue weighted by atomic mass is 32.2. The number of amides is 4. The highest BCUT2D eigenvalue weighted by molar-refractivity contribution is 7.99. The largest absolute Gasteiger partial charge is 0.348 e. The first kappa shape index (κ1) is 19.0. The predicted octanol–water partition coefficient (Wildman–Crippen LogP) is 2.62. The summed E-state index contributed by atoms with van der Waals surface area (Å²) in [4.78, 5) is 36.8. The van der Waals surface area contributed by atoms with Gasteiger partial charge < -0.3 is 10.6 Å². The first-order chi connectivity index (χ1) is 12.9. The molecule has 1 aliphatic rings. The summed E-state index contributed by atoms with van der Waals surface area (Å²) < 4.78 is 0. The molecule has 4 amide bonds. The van der Waals surface area contributed by atoms with Gasteiger partial charge in [-0.3, -0.25) is 14.9 Å². The van der Waals surface area contributed by atoms with Crippen LogP contribution in [0.1, 0.15) is 28.4 Å². The van der Waals surface area contributed by atoms with Gasteiger partial charge in [-0.05, 0) is 37.1 Å². The molecule has 1 heterocycles. The Morgan fingerprint density at radius 2 is 1.81 bits per heavy atom. The summed E-state index contributed by atoms with van der Waals surface area (Å²) in [6, 6.07) is 14.6. The first-order valence-corrected chi connectivity index (χ1v) is 9.56. The number of thioether (sulfide) groups is 1. The number of aryl methyl sites for hydroxylation is 1. The van der Waals surface area contributed by atoms with E-state index in [2.05, 4.69) is 16.0 Å². The van der Waals surface area contributed by atoms with E-state index < -0.39 is 11.6 Å². The van der Waals surface area contributed by atoms with Crippen LogP contribution in [0.15, 0.2) is 53.4 Å². The molecule has 6 nitrogen and oxygen atoms in total. The Labute approximate surface area is 162 Å². The lowest BCUT2D eigenvalue weighted by Crippen LogP contribution is -2.46. The van der Waals surface area contributed by atoms with Crippen molar-refractivity contribution >= 4 is 29.6 Å². The monoisotopic (exact) mass is 383 g/mol. The molecule has 1 atom stereocenters. The summed E-state index contributed by atoms with van der Waals surface area (Å²) in [5, 5.41) is 7.82. The van der Waals surface area contributed by atoms with E-state index in [0.717, 1.165) is 16.0 Å². The molecule has 1 aliphatic heterocycles. The predicted molar refractivity (Wildman–Crippen MR) is 105 cm³/mol. The smallest absolute Gasteiger partial charge is 0.322 e. The molecule has 3 N–H and O–H groups in total. The van der Waals surface area contributed by atoms with E-state index >= 15 is 0 Å². The number of rotatable bonds is 6. The third kappa shape index (κ3) is 4.31. The van der Waals surface area contributed by atoms with Crippen LogP contribution in [-0.2, 0) is 11.3 Å². The molecule has 140 valence electrons. The number of hydrogen-bond acceptors (Lipinski definition) is 4. The van der Waals surface area contributed by atoms with E-state index in [0.29, 0.717) is 17.9 Å². The Kier molecular flexibility index (Phi) is 5.51. The molecule has 2 aromatic rings. The number of hydrogen-bond donors (Lipinski definition) is 3. The van der Waals surface area contributed by atoms with Crippen molar-refractivity contribution in [2.45, 2.75) is 30.8 Å². The zero-order valence-electron chi connectivity index (χ0n) is 15.2. The number of nitrogens with one attached hydrogen (secondary N) is 3. The third-order valence-corrected chi connectivity index (χ3v) is 5.86. The molecule has 7 heteroatoms. The van der Waals surface area contributed by atoms with Crippen molar-refractivity contribution in [1.82, 2.24) is 16.0 Å². The standard InChI is InChI=1S/C20H21N3O3S/c1-13-7-3-4-8-14(13)11-21-17(24)15-9-5-6-10-16(15)27-12-20(2)18(25)22-19(26)23-20/h3-10H,11-12H2,1-2H3,(H,21,24)(H2,22,23,25,26)/t20-/m0/s1. The number of benzene rings is 2. The zero-order valence-corrected chi connectivity index (χ0v) is 16.0. The summed E-state index contributed by atoms with van der Waals surface area (Å²) in [7, 11) is 0. The van der Waals surface area contributed by atoms with Crippen molar-refractivity contribution in [2.24, 2.45) is 0 Å². The van der Waals surface area contributed by atoms with E-state index in [1.54, 1.807) is 19.1 Å². The van der Waals surface area contributed by atoms with E-state index in [1.807, 2.05) is 43.3 Å². The van der Waals surface area contributed by atoms with Crippen molar-refractivity contribution in [3.8, 4) is 0 Å². The normalized spacial score (nSPS) is 18.7. The lowest BCUT2D eigenvalue weighted by atomic mass is 10.1. The van der Waals surface area contributed by atoms with Crippen molar-refractivity contribution in [1.29, 1.82) is 0 Å². The zero-order chi connectivity index (χ0) is 19.4. The molecule has 0 bridgehead atoms. The number of imide groups is 1. The van der Waals surface area contributed by atoms with Crippen LogP contribution in [0.25, 0.3) is 0 Å². The Morgan fingerprint density at radius 1 is 1.11 bits per heavy atom. The third-order valence-electron chi connectivity index (χ3n) is 4.47. The van der Waals surface area contributed by atoms with Gasteiger partial charge in [-0.2, -0.15) is 0 Å². The van der Waals surface area contributed by atoms with Gasteiger partial charge in [0.1, 0.15) is 5.54 Å². The molecule has 3 rings (SSSR count). The fourth-order valence-electron chi connectivity index (χ4n) is 2.76. The Bertz CT molecular complexity index is 900. The highest BCUT2D eigenvalue weighted by Gasteiger charge is 2.41. The first-order valence-electron chi connectivity index (χ1n) is 8.57. The van der Waals surface area contributed by atoms with Crippen LogP contribution >= 0.6 is 11.8 Å². The molecule has 27 heavy (non-hydrogen) atoms. The van der Waals surface area contributed by atoms with Crippen LogP contribution in [0, 0.1) is 6.92 Å². The second-order valence-electron chi connectivity index (χ2n) is 6.63. The van der Waals surface area contributed by atoms with Gasteiger partial charge in [0.25, 0.3) is 11.8 Å². The van der Waals surface area contributed by atoms with Crippen molar-refractivity contribution in [3.05, 3.63) is 65.2 Å². The van der Waals surface area contributed by atoms with Crippen molar-refractivity contribution in [2.75, 3.05) is 5.75 Å². The summed E-state index contributed by atoms with van der Waals surface area (Å²) in [6.45, 7) is 4.12. The number of carbonyl (C=O) groups excluding carboxylic acids is 3. The van der Waals surface area contributed by atoms with E-state index in [1.165, 1.54) is 11.8 Å². The average molecular weight is 383 g/mol. The summed E-state index contributed by atoms with van der Waals surface area (Å²) in [6.07, 6.45) is 0. The molecular weight excluding hydrogens is 362 g/mol. The lowest BCUT2D eigenvalue weighted by molar-refractivity contribution is -0.122. The van der Waals surface area contributed by atoms with Gasteiger partial charge in [-0.1, -0.05) is 36.4 Å². The summed E-state index contributed by atoms with van der Waals surface area (Å²) in [5.74, 6) is -0.208. The minimum absolute atomic E-state index is 0.175. The van der Waals surface area contributed by atoms with Crippen LogP contribution in [0.2, 0.25) is 0 Å². The van der Waals surface area contributed by atoms with Crippen LogP contribution < -0.4 is 16.0 Å². The SMILES string of the molecule is Cc1ccccc1CNC(=O)c1ccccc1SC[C@]1(C)NC(=O)NC1=O. The minimum atomic E-state index is -0.994. The van der Waals surface area contributed by atoms with Crippen LogP contribution in [0.4, 0.5) is 4.79 Å². The summed E-state index contributed by atoms with van der Waals surface area (Å²) >= 11 is 1.37. The van der Waals surface area contributed by atoms with Crippen LogP contribution in [0.3, 0.4) is 0 Å². The summed E-state index contributed by atoms with van der Waals surface area (Å²) in [5.41, 5.74) is 1.74.